The van der Waals surface area contributed by atoms with Crippen molar-refractivity contribution in [2.75, 3.05) is 17.7 Å². The molecule has 100 valence electrons. The standard InChI is InChI=1S/C11H18N4O2S/c1-7-8(9(12)15-10(13)14-7)5-6-11(2,3)18(4,16)17/h5-6H,1-4H3,(H4,12,13,14,15). The molecule has 1 aromatic rings. The number of rotatable bonds is 3. The van der Waals surface area contributed by atoms with Crippen molar-refractivity contribution in [2.24, 2.45) is 0 Å². The molecular weight excluding hydrogens is 252 g/mol. The lowest BCUT2D eigenvalue weighted by Gasteiger charge is -2.17. The highest BCUT2D eigenvalue weighted by molar-refractivity contribution is 7.92. The molecule has 6 nitrogen and oxygen atoms in total. The van der Waals surface area contributed by atoms with Crippen LogP contribution in [0.15, 0.2) is 6.08 Å². The van der Waals surface area contributed by atoms with Gasteiger partial charge >= 0.3 is 0 Å². The zero-order chi connectivity index (χ0) is 14.1. The first kappa shape index (κ1) is 14.4. The van der Waals surface area contributed by atoms with E-state index >= 15 is 0 Å². The van der Waals surface area contributed by atoms with Crippen LogP contribution in [0.25, 0.3) is 6.08 Å². The van der Waals surface area contributed by atoms with E-state index in [9.17, 15) is 8.42 Å². The molecule has 7 heteroatoms. The maximum absolute atomic E-state index is 11.6. The number of aromatic nitrogens is 2. The minimum Gasteiger partial charge on any atom is -0.383 e. The first-order valence-electron chi connectivity index (χ1n) is 5.33. The maximum atomic E-state index is 11.6. The smallest absolute Gasteiger partial charge is 0.222 e. The molecule has 0 radical (unpaired) electrons. The first-order chi connectivity index (χ1) is 8.04. The average Bonchev–Trinajstić information content (AvgIpc) is 2.13. The lowest BCUT2D eigenvalue weighted by atomic mass is 10.1. The Morgan fingerprint density at radius 2 is 1.78 bits per heavy atom. The molecule has 1 rings (SSSR count). The third kappa shape index (κ3) is 2.98. The van der Waals surface area contributed by atoms with Crippen LogP contribution in [0.1, 0.15) is 25.1 Å². The van der Waals surface area contributed by atoms with Crippen LogP contribution in [0.4, 0.5) is 11.8 Å². The quantitative estimate of drug-likeness (QED) is 0.839. The van der Waals surface area contributed by atoms with Crippen LogP contribution in [-0.4, -0.2) is 29.4 Å². The second-order valence-corrected chi connectivity index (χ2v) is 7.27. The number of hydrogen-bond donors (Lipinski definition) is 2. The highest BCUT2D eigenvalue weighted by atomic mass is 32.2. The molecule has 0 aliphatic carbocycles. The van der Waals surface area contributed by atoms with Crippen LogP contribution in [0.2, 0.25) is 0 Å². The molecule has 0 aliphatic rings. The normalized spacial score (nSPS) is 13.1. The minimum atomic E-state index is -3.20. The number of hydrogen-bond acceptors (Lipinski definition) is 6. The van der Waals surface area contributed by atoms with Crippen molar-refractivity contribution in [1.29, 1.82) is 0 Å². The average molecular weight is 270 g/mol. The number of nitrogen functional groups attached to an aromatic ring is 2. The Bertz CT molecular complexity index is 568. The molecule has 0 amide bonds. The van der Waals surface area contributed by atoms with Crippen molar-refractivity contribution >= 4 is 27.7 Å². The first-order valence-corrected chi connectivity index (χ1v) is 7.22. The predicted molar refractivity (Wildman–Crippen MR) is 73.6 cm³/mol. The molecule has 0 fully saturated rings. The van der Waals surface area contributed by atoms with Crippen LogP contribution in [-0.2, 0) is 9.84 Å². The van der Waals surface area contributed by atoms with E-state index in [1.165, 1.54) is 6.26 Å². The number of aryl methyl sites for hydroxylation is 1. The van der Waals surface area contributed by atoms with Gasteiger partial charge in [-0.25, -0.2) is 13.4 Å². The zero-order valence-corrected chi connectivity index (χ0v) is 11.7. The Morgan fingerprint density at radius 3 is 2.22 bits per heavy atom. The van der Waals surface area contributed by atoms with Gasteiger partial charge in [-0.1, -0.05) is 12.2 Å². The van der Waals surface area contributed by atoms with Gasteiger partial charge in [0, 0.05) is 11.8 Å². The summed E-state index contributed by atoms with van der Waals surface area (Å²) in [5.41, 5.74) is 12.4. The molecule has 1 heterocycles. The number of sulfone groups is 1. The largest absolute Gasteiger partial charge is 0.383 e. The van der Waals surface area contributed by atoms with E-state index in [-0.39, 0.29) is 11.8 Å². The van der Waals surface area contributed by atoms with Gasteiger partial charge in [0.1, 0.15) is 5.82 Å². The summed E-state index contributed by atoms with van der Waals surface area (Å²) in [4.78, 5) is 7.82. The summed E-state index contributed by atoms with van der Waals surface area (Å²) in [5.74, 6) is 0.338. The van der Waals surface area contributed by atoms with Gasteiger partial charge in [-0.15, -0.1) is 0 Å². The molecule has 0 atom stereocenters. The fourth-order valence-corrected chi connectivity index (χ4v) is 1.55. The van der Waals surface area contributed by atoms with E-state index in [2.05, 4.69) is 9.97 Å². The highest BCUT2D eigenvalue weighted by Crippen LogP contribution is 2.21. The van der Waals surface area contributed by atoms with E-state index in [1.54, 1.807) is 32.9 Å². The zero-order valence-electron chi connectivity index (χ0n) is 10.9. The molecule has 18 heavy (non-hydrogen) atoms. The summed E-state index contributed by atoms with van der Waals surface area (Å²) in [6.07, 6.45) is 4.37. The van der Waals surface area contributed by atoms with Crippen LogP contribution < -0.4 is 11.5 Å². The third-order valence-electron chi connectivity index (χ3n) is 2.79. The Morgan fingerprint density at radius 1 is 1.22 bits per heavy atom. The summed E-state index contributed by atoms with van der Waals surface area (Å²) in [5, 5.41) is 0. The molecule has 0 unspecified atom stereocenters. The molecule has 0 spiro atoms. The number of anilines is 2. The van der Waals surface area contributed by atoms with Crippen molar-refractivity contribution in [3.63, 3.8) is 0 Å². The van der Waals surface area contributed by atoms with E-state index in [0.29, 0.717) is 11.3 Å². The summed E-state index contributed by atoms with van der Waals surface area (Å²) in [6, 6.07) is 0. The Kier molecular flexibility index (Phi) is 3.66. The predicted octanol–water partition coefficient (Wildman–Crippen LogP) is 0.786. The summed E-state index contributed by atoms with van der Waals surface area (Å²) in [7, 11) is -3.20. The van der Waals surface area contributed by atoms with Gasteiger partial charge in [0.2, 0.25) is 5.95 Å². The molecule has 4 N–H and O–H groups in total. The fraction of sp³-hybridized carbons (Fsp3) is 0.455. The Hall–Kier alpha value is -1.63. The van der Waals surface area contributed by atoms with E-state index in [1.807, 2.05) is 0 Å². The molecule has 0 aliphatic heterocycles. The molecule has 0 saturated carbocycles. The molecule has 1 aromatic heterocycles. The van der Waals surface area contributed by atoms with Crippen molar-refractivity contribution in [2.45, 2.75) is 25.5 Å². The Balaban J connectivity index is 3.21. The lowest BCUT2D eigenvalue weighted by molar-refractivity contribution is 0.579. The van der Waals surface area contributed by atoms with Gasteiger partial charge in [0.15, 0.2) is 9.84 Å². The van der Waals surface area contributed by atoms with Crippen LogP contribution >= 0.6 is 0 Å². The second kappa shape index (κ2) is 4.56. The molecule has 0 saturated heterocycles. The summed E-state index contributed by atoms with van der Waals surface area (Å²) >= 11 is 0. The summed E-state index contributed by atoms with van der Waals surface area (Å²) < 4.78 is 22.2. The van der Waals surface area contributed by atoms with Crippen molar-refractivity contribution in [3.05, 3.63) is 17.3 Å². The van der Waals surface area contributed by atoms with Crippen molar-refractivity contribution in [1.82, 2.24) is 9.97 Å². The van der Waals surface area contributed by atoms with Crippen LogP contribution in [0.3, 0.4) is 0 Å². The van der Waals surface area contributed by atoms with E-state index in [0.717, 1.165) is 0 Å². The van der Waals surface area contributed by atoms with Crippen LogP contribution in [0.5, 0.6) is 0 Å². The SMILES string of the molecule is Cc1nc(N)nc(N)c1C=CC(C)(C)S(C)(=O)=O. The third-order valence-corrected chi connectivity index (χ3v) is 4.84. The van der Waals surface area contributed by atoms with E-state index < -0.39 is 14.6 Å². The van der Waals surface area contributed by atoms with E-state index in [4.69, 9.17) is 11.5 Å². The number of nitrogens with zero attached hydrogens (tertiary/aromatic N) is 2. The van der Waals surface area contributed by atoms with Crippen molar-refractivity contribution < 1.29 is 8.42 Å². The van der Waals surface area contributed by atoms with Gasteiger partial charge in [0.05, 0.1) is 10.4 Å². The minimum absolute atomic E-state index is 0.101. The van der Waals surface area contributed by atoms with Crippen molar-refractivity contribution in [3.8, 4) is 0 Å². The second-order valence-electron chi connectivity index (χ2n) is 4.68. The lowest BCUT2D eigenvalue weighted by Crippen LogP contribution is -2.28. The molecule has 0 aromatic carbocycles. The molecular formula is C11H18N4O2S. The summed E-state index contributed by atoms with van der Waals surface area (Å²) in [6.45, 7) is 4.96. The Labute approximate surface area is 107 Å². The maximum Gasteiger partial charge on any atom is 0.222 e. The van der Waals surface area contributed by atoms with Gasteiger partial charge in [0.25, 0.3) is 0 Å². The van der Waals surface area contributed by atoms with Gasteiger partial charge in [-0.2, -0.15) is 4.98 Å². The molecule has 0 bridgehead atoms. The topological polar surface area (TPSA) is 112 Å². The highest BCUT2D eigenvalue weighted by Gasteiger charge is 2.26. The number of nitrogens with two attached hydrogens (primary N) is 2. The fourth-order valence-electron chi connectivity index (χ4n) is 1.24. The van der Waals surface area contributed by atoms with Gasteiger partial charge in [-0.3, -0.25) is 0 Å². The van der Waals surface area contributed by atoms with Gasteiger partial charge < -0.3 is 11.5 Å². The van der Waals surface area contributed by atoms with Gasteiger partial charge in [-0.05, 0) is 20.8 Å². The monoisotopic (exact) mass is 270 g/mol. The van der Waals surface area contributed by atoms with Crippen LogP contribution in [0, 0.1) is 6.92 Å².